The number of alkyl halides is 3. The number of aryl methyl sites for hydroxylation is 2. The van der Waals surface area contributed by atoms with Crippen molar-refractivity contribution < 1.29 is 22.4 Å². The number of halogens is 3. The first-order valence-corrected chi connectivity index (χ1v) is 8.87. The molecule has 0 spiro atoms. The van der Waals surface area contributed by atoms with E-state index in [1.165, 1.54) is 29.8 Å². The molecule has 0 atom stereocenters. The first-order chi connectivity index (χ1) is 14.0. The summed E-state index contributed by atoms with van der Waals surface area (Å²) in [4.78, 5) is 4.38. The molecular formula is C21H16F3N3O2. The van der Waals surface area contributed by atoms with Crippen molar-refractivity contribution in [1.29, 1.82) is 0 Å². The van der Waals surface area contributed by atoms with Crippen molar-refractivity contribution in [3.8, 4) is 28.7 Å². The first kappa shape index (κ1) is 18.8. The van der Waals surface area contributed by atoms with E-state index in [1.807, 2.05) is 41.1 Å². The molecule has 0 aliphatic rings. The largest absolute Gasteiger partial charge is 0.573 e. The van der Waals surface area contributed by atoms with E-state index in [4.69, 9.17) is 4.52 Å². The van der Waals surface area contributed by atoms with Crippen molar-refractivity contribution in [3.63, 3.8) is 0 Å². The summed E-state index contributed by atoms with van der Waals surface area (Å²) in [7, 11) is 0. The van der Waals surface area contributed by atoms with Gasteiger partial charge in [0.15, 0.2) is 0 Å². The van der Waals surface area contributed by atoms with E-state index in [0.29, 0.717) is 11.5 Å². The van der Waals surface area contributed by atoms with E-state index in [-0.39, 0.29) is 11.6 Å². The smallest absolute Gasteiger partial charge is 0.406 e. The molecular weight excluding hydrogens is 383 g/mol. The number of rotatable bonds is 6. The Bertz CT molecular complexity index is 1070. The van der Waals surface area contributed by atoms with E-state index in [0.717, 1.165) is 18.7 Å². The van der Waals surface area contributed by atoms with Crippen molar-refractivity contribution >= 4 is 0 Å². The summed E-state index contributed by atoms with van der Waals surface area (Å²) in [6.45, 7) is 0.744. The Morgan fingerprint density at radius 1 is 0.931 bits per heavy atom. The summed E-state index contributed by atoms with van der Waals surface area (Å²) in [5.74, 6) is 0.322. The average molecular weight is 399 g/mol. The Hall–Kier alpha value is -3.55. The monoisotopic (exact) mass is 399 g/mol. The van der Waals surface area contributed by atoms with Gasteiger partial charge in [0.05, 0.1) is 0 Å². The normalized spacial score (nSPS) is 11.6. The van der Waals surface area contributed by atoms with Gasteiger partial charge in [-0.1, -0.05) is 35.5 Å². The predicted molar refractivity (Wildman–Crippen MR) is 100.0 cm³/mol. The molecule has 0 aliphatic carbocycles. The van der Waals surface area contributed by atoms with Gasteiger partial charge >= 0.3 is 6.36 Å². The highest BCUT2D eigenvalue weighted by Crippen LogP contribution is 2.27. The molecule has 0 unspecified atom stereocenters. The molecule has 4 rings (SSSR count). The van der Waals surface area contributed by atoms with Gasteiger partial charge in [-0.3, -0.25) is 0 Å². The van der Waals surface area contributed by atoms with Gasteiger partial charge in [-0.25, -0.2) is 0 Å². The topological polar surface area (TPSA) is 53.1 Å². The fraction of sp³-hybridized carbons (Fsp3) is 0.143. The van der Waals surface area contributed by atoms with Gasteiger partial charge < -0.3 is 13.8 Å². The molecule has 0 radical (unpaired) electrons. The van der Waals surface area contributed by atoms with Crippen LogP contribution in [0.15, 0.2) is 77.4 Å². The zero-order chi connectivity index (χ0) is 20.3. The predicted octanol–water partition coefficient (Wildman–Crippen LogP) is 5.35. The Morgan fingerprint density at radius 2 is 1.69 bits per heavy atom. The number of ether oxygens (including phenoxy) is 1. The second-order valence-corrected chi connectivity index (χ2v) is 6.32. The molecule has 5 nitrogen and oxygen atoms in total. The van der Waals surface area contributed by atoms with Gasteiger partial charge in [0.25, 0.3) is 5.89 Å². The fourth-order valence-electron chi connectivity index (χ4n) is 2.95. The van der Waals surface area contributed by atoms with Crippen LogP contribution in [0.5, 0.6) is 5.75 Å². The molecule has 0 aliphatic heterocycles. The Morgan fingerprint density at radius 3 is 2.41 bits per heavy atom. The summed E-state index contributed by atoms with van der Waals surface area (Å²) in [6.07, 6.45) is -1.94. The van der Waals surface area contributed by atoms with Crippen molar-refractivity contribution in [3.05, 3.63) is 78.5 Å². The zero-order valence-corrected chi connectivity index (χ0v) is 15.1. The van der Waals surface area contributed by atoms with E-state index in [2.05, 4.69) is 27.0 Å². The molecule has 4 aromatic rings. The van der Waals surface area contributed by atoms with Crippen molar-refractivity contribution in [1.82, 2.24) is 14.7 Å². The second kappa shape index (κ2) is 7.83. The van der Waals surface area contributed by atoms with Gasteiger partial charge in [0.1, 0.15) is 11.4 Å². The maximum atomic E-state index is 12.3. The molecule has 0 saturated heterocycles. The van der Waals surface area contributed by atoms with Gasteiger partial charge in [-0.2, -0.15) is 4.98 Å². The number of hydrogen-bond acceptors (Lipinski definition) is 4. The van der Waals surface area contributed by atoms with Crippen LogP contribution in [0.25, 0.3) is 23.0 Å². The minimum atomic E-state index is -4.73. The number of nitrogens with zero attached hydrogens (tertiary/aromatic N) is 3. The van der Waals surface area contributed by atoms with Crippen molar-refractivity contribution in [2.75, 3.05) is 0 Å². The van der Waals surface area contributed by atoms with Crippen LogP contribution < -0.4 is 4.74 Å². The van der Waals surface area contributed by atoms with E-state index < -0.39 is 6.36 Å². The van der Waals surface area contributed by atoms with Gasteiger partial charge in [-0.05, 0) is 48.4 Å². The number of aromatic nitrogens is 3. The maximum absolute atomic E-state index is 12.3. The van der Waals surface area contributed by atoms with Crippen LogP contribution in [0.2, 0.25) is 0 Å². The Balaban J connectivity index is 1.49. The van der Waals surface area contributed by atoms with Crippen molar-refractivity contribution in [2.24, 2.45) is 0 Å². The standard InChI is InChI=1S/C21H16F3N3O2/c22-21(23,24)28-17-10-8-16(9-11-17)19-25-20(29-26-19)18-7-4-13-27(18)14-12-15-5-2-1-3-6-15/h1-11,13H,12,14H2. The van der Waals surface area contributed by atoms with Crippen LogP contribution >= 0.6 is 0 Å². The second-order valence-electron chi connectivity index (χ2n) is 6.32. The summed E-state index contributed by atoms with van der Waals surface area (Å²) in [5.41, 5.74) is 2.52. The van der Waals surface area contributed by atoms with Gasteiger partial charge in [0.2, 0.25) is 5.82 Å². The highest BCUT2D eigenvalue weighted by atomic mass is 19.4. The van der Waals surface area contributed by atoms with Crippen LogP contribution in [-0.4, -0.2) is 21.1 Å². The van der Waals surface area contributed by atoms with E-state index in [9.17, 15) is 13.2 Å². The fourth-order valence-corrected chi connectivity index (χ4v) is 2.95. The lowest BCUT2D eigenvalue weighted by molar-refractivity contribution is -0.274. The molecule has 0 saturated carbocycles. The van der Waals surface area contributed by atoms with E-state index in [1.54, 1.807) is 0 Å². The highest BCUT2D eigenvalue weighted by Gasteiger charge is 2.31. The minimum absolute atomic E-state index is 0.286. The third kappa shape index (κ3) is 4.66. The lowest BCUT2D eigenvalue weighted by Crippen LogP contribution is -2.16. The number of hydrogen-bond donors (Lipinski definition) is 0. The minimum Gasteiger partial charge on any atom is -0.406 e. The molecule has 2 heterocycles. The lowest BCUT2D eigenvalue weighted by Gasteiger charge is -2.08. The average Bonchev–Trinajstić information content (AvgIpc) is 3.36. The summed E-state index contributed by atoms with van der Waals surface area (Å²) in [5, 5.41) is 3.94. The SMILES string of the molecule is FC(F)(F)Oc1ccc(-c2noc(-c3cccn3CCc3ccccc3)n2)cc1. The molecule has 0 amide bonds. The van der Waals surface area contributed by atoms with Crippen LogP contribution in [0, 0.1) is 0 Å². The van der Waals surface area contributed by atoms with Crippen LogP contribution in [-0.2, 0) is 13.0 Å². The molecule has 2 aromatic heterocycles. The summed E-state index contributed by atoms with van der Waals surface area (Å²) in [6, 6.07) is 19.2. The molecule has 29 heavy (non-hydrogen) atoms. The van der Waals surface area contributed by atoms with Gasteiger partial charge in [0, 0.05) is 18.3 Å². The third-order valence-electron chi connectivity index (χ3n) is 4.30. The summed E-state index contributed by atoms with van der Waals surface area (Å²) >= 11 is 0. The molecule has 8 heteroatoms. The van der Waals surface area contributed by atoms with Crippen LogP contribution in [0.3, 0.4) is 0 Å². The number of benzene rings is 2. The molecule has 0 bridgehead atoms. The molecule has 2 aromatic carbocycles. The van der Waals surface area contributed by atoms with Gasteiger partial charge in [-0.15, -0.1) is 13.2 Å². The third-order valence-corrected chi connectivity index (χ3v) is 4.30. The maximum Gasteiger partial charge on any atom is 0.573 e. The Kier molecular flexibility index (Phi) is 5.07. The van der Waals surface area contributed by atoms with Crippen molar-refractivity contribution in [2.45, 2.75) is 19.3 Å². The molecule has 0 N–H and O–H groups in total. The van der Waals surface area contributed by atoms with E-state index >= 15 is 0 Å². The Labute approximate surface area is 164 Å². The molecule has 148 valence electrons. The van der Waals surface area contributed by atoms with Crippen LogP contribution in [0.1, 0.15) is 5.56 Å². The zero-order valence-electron chi connectivity index (χ0n) is 15.1. The lowest BCUT2D eigenvalue weighted by atomic mass is 10.1. The first-order valence-electron chi connectivity index (χ1n) is 8.87. The molecule has 0 fully saturated rings. The quantitative estimate of drug-likeness (QED) is 0.439. The summed E-state index contributed by atoms with van der Waals surface area (Å²) < 4.78 is 48.1. The highest BCUT2D eigenvalue weighted by molar-refractivity contribution is 5.59. The van der Waals surface area contributed by atoms with Crippen LogP contribution in [0.4, 0.5) is 13.2 Å².